The van der Waals surface area contributed by atoms with Gasteiger partial charge in [0.1, 0.15) is 0 Å². The number of aromatic nitrogens is 1. The minimum Gasteiger partial charge on any atom is -0.398 e. The number of benzene rings is 2. The molecule has 5 rings (SSSR count). The van der Waals surface area contributed by atoms with Crippen LogP contribution in [-0.2, 0) is 22.6 Å². The fourth-order valence-corrected chi connectivity index (χ4v) is 4.87. The van der Waals surface area contributed by atoms with Crippen molar-refractivity contribution in [2.75, 3.05) is 38.5 Å². The predicted molar refractivity (Wildman–Crippen MR) is 131 cm³/mol. The lowest BCUT2D eigenvalue weighted by Gasteiger charge is -2.34. The molecule has 0 spiro atoms. The molecule has 2 amide bonds. The van der Waals surface area contributed by atoms with Crippen LogP contribution < -0.4 is 5.73 Å². The summed E-state index contributed by atoms with van der Waals surface area (Å²) in [5.41, 5.74) is 12.7. The van der Waals surface area contributed by atoms with Crippen LogP contribution in [0.1, 0.15) is 34.0 Å². The van der Waals surface area contributed by atoms with E-state index < -0.39 is 0 Å². The Morgan fingerprint density at radius 3 is 2.41 bits per heavy atom. The second-order valence-corrected chi connectivity index (χ2v) is 8.70. The molecular formula is C26H27N5O3. The summed E-state index contributed by atoms with van der Waals surface area (Å²) in [5, 5.41) is 8.73. The number of fused-ring (bicyclic) bond motifs is 3. The summed E-state index contributed by atoms with van der Waals surface area (Å²) in [7, 11) is 0. The van der Waals surface area contributed by atoms with E-state index in [-0.39, 0.29) is 11.8 Å². The van der Waals surface area contributed by atoms with Crippen LogP contribution in [0.15, 0.2) is 36.4 Å². The molecule has 0 radical (unpaired) electrons. The second-order valence-electron chi connectivity index (χ2n) is 8.70. The number of nitrogens with zero attached hydrogens (tertiary/aromatic N) is 3. The van der Waals surface area contributed by atoms with Crippen LogP contribution in [0.25, 0.3) is 22.2 Å². The Kier molecular flexibility index (Phi) is 5.75. The number of pyridine rings is 1. The third kappa shape index (κ3) is 3.80. The fraction of sp³-hybridized carbons (Fsp3) is 0.308. The zero-order valence-corrected chi connectivity index (χ0v) is 19.1. The van der Waals surface area contributed by atoms with E-state index in [1.54, 1.807) is 22.8 Å². The fourth-order valence-electron chi connectivity index (χ4n) is 4.87. The van der Waals surface area contributed by atoms with Gasteiger partial charge in [-0.15, -0.1) is 0 Å². The first kappa shape index (κ1) is 22.0. The van der Waals surface area contributed by atoms with Crippen molar-refractivity contribution in [3.05, 3.63) is 58.7 Å². The zero-order chi connectivity index (χ0) is 23.8. The Hall–Kier alpha value is -3.78. The van der Waals surface area contributed by atoms with Gasteiger partial charge < -0.3 is 25.7 Å². The van der Waals surface area contributed by atoms with Crippen molar-refractivity contribution in [2.45, 2.75) is 20.0 Å². The van der Waals surface area contributed by atoms with E-state index in [9.17, 15) is 9.59 Å². The maximum absolute atomic E-state index is 13.0. The van der Waals surface area contributed by atoms with E-state index in [2.05, 4.69) is 0 Å². The highest BCUT2D eigenvalue weighted by Gasteiger charge is 2.25. The minimum absolute atomic E-state index is 0.0252. The Morgan fingerprint density at radius 1 is 1.03 bits per heavy atom. The van der Waals surface area contributed by atoms with Crippen molar-refractivity contribution in [3.8, 4) is 11.3 Å². The summed E-state index contributed by atoms with van der Waals surface area (Å²) in [6.07, 6.45) is 2.01. The van der Waals surface area contributed by atoms with Crippen LogP contribution >= 0.6 is 0 Å². The number of hydrogen-bond acceptors (Lipinski definition) is 6. The molecule has 8 nitrogen and oxygen atoms in total. The average Bonchev–Trinajstić information content (AvgIpc) is 2.88. The van der Waals surface area contributed by atoms with Crippen LogP contribution in [0.4, 0.5) is 5.69 Å². The molecule has 3 heterocycles. The van der Waals surface area contributed by atoms with E-state index in [1.165, 1.54) is 6.21 Å². The minimum atomic E-state index is -0.0252. The number of hydrogen-bond donors (Lipinski definition) is 2. The zero-order valence-electron chi connectivity index (χ0n) is 19.1. The van der Waals surface area contributed by atoms with Gasteiger partial charge in [-0.25, -0.2) is 4.98 Å². The van der Waals surface area contributed by atoms with E-state index in [4.69, 9.17) is 20.9 Å². The first-order valence-corrected chi connectivity index (χ1v) is 11.5. The van der Waals surface area contributed by atoms with E-state index in [1.807, 2.05) is 30.3 Å². The van der Waals surface area contributed by atoms with Crippen LogP contribution in [0, 0.1) is 5.41 Å². The Balaban J connectivity index is 1.48. The highest BCUT2D eigenvalue weighted by atomic mass is 16.5. The number of nitrogens with one attached hydrogen (secondary N) is 1. The normalized spacial score (nSPS) is 15.8. The first-order chi connectivity index (χ1) is 16.5. The number of amides is 2. The molecule has 3 aromatic rings. The number of carbonyl (C=O) groups is 2. The maximum atomic E-state index is 13.0. The van der Waals surface area contributed by atoms with Crippen LogP contribution in [0.3, 0.4) is 0 Å². The van der Waals surface area contributed by atoms with Gasteiger partial charge in [0, 0.05) is 67.1 Å². The smallest absolute Gasteiger partial charge is 0.253 e. The van der Waals surface area contributed by atoms with Gasteiger partial charge in [0.15, 0.2) is 0 Å². The Morgan fingerprint density at radius 2 is 1.74 bits per heavy atom. The molecule has 0 unspecified atom stereocenters. The van der Waals surface area contributed by atoms with Crippen molar-refractivity contribution in [2.24, 2.45) is 0 Å². The van der Waals surface area contributed by atoms with Crippen molar-refractivity contribution < 1.29 is 14.3 Å². The molecule has 0 aliphatic carbocycles. The molecule has 34 heavy (non-hydrogen) atoms. The van der Waals surface area contributed by atoms with Crippen molar-refractivity contribution in [1.29, 1.82) is 5.41 Å². The van der Waals surface area contributed by atoms with Gasteiger partial charge in [-0.2, -0.15) is 0 Å². The number of rotatable bonds is 3. The molecule has 0 saturated carbocycles. The van der Waals surface area contributed by atoms with Crippen LogP contribution in [0.2, 0.25) is 0 Å². The summed E-state index contributed by atoms with van der Waals surface area (Å²) in [6, 6.07) is 11.2. The van der Waals surface area contributed by atoms with Gasteiger partial charge in [-0.05, 0) is 41.8 Å². The third-order valence-electron chi connectivity index (χ3n) is 6.75. The quantitative estimate of drug-likeness (QED) is 0.464. The molecule has 1 saturated heterocycles. The molecule has 174 valence electrons. The van der Waals surface area contributed by atoms with Crippen molar-refractivity contribution >= 4 is 34.6 Å². The van der Waals surface area contributed by atoms with E-state index in [0.717, 1.165) is 39.7 Å². The molecule has 1 aromatic heterocycles. The highest BCUT2D eigenvalue weighted by molar-refractivity contribution is 6.05. The molecule has 3 N–H and O–H groups in total. The number of ether oxygens (including phenoxy) is 1. The van der Waals surface area contributed by atoms with Gasteiger partial charge in [-0.1, -0.05) is 12.1 Å². The predicted octanol–water partition coefficient (Wildman–Crippen LogP) is 2.86. The van der Waals surface area contributed by atoms with Crippen LogP contribution in [-0.4, -0.2) is 65.6 Å². The molecule has 0 atom stereocenters. The summed E-state index contributed by atoms with van der Waals surface area (Å²) in [5.74, 6) is 0.0197. The Labute approximate surface area is 197 Å². The lowest BCUT2D eigenvalue weighted by atomic mass is 9.91. The van der Waals surface area contributed by atoms with Crippen molar-refractivity contribution in [1.82, 2.24) is 14.8 Å². The van der Waals surface area contributed by atoms with Gasteiger partial charge in [0.25, 0.3) is 5.91 Å². The number of nitrogens with two attached hydrogens (primary N) is 1. The second kappa shape index (κ2) is 8.87. The average molecular weight is 458 g/mol. The lowest BCUT2D eigenvalue weighted by molar-refractivity contribution is -0.130. The molecular weight excluding hydrogens is 430 g/mol. The number of carbonyl (C=O) groups excluding carboxylic acids is 2. The first-order valence-electron chi connectivity index (χ1n) is 11.5. The molecule has 0 bridgehead atoms. The van der Waals surface area contributed by atoms with Gasteiger partial charge in [-0.3, -0.25) is 9.59 Å². The van der Waals surface area contributed by atoms with Gasteiger partial charge in [0.2, 0.25) is 5.91 Å². The standard InChI is InChI=1S/C26H27N5O3/c1-16(32)30-9-11-31(12-10-30)26(33)18-4-2-17(3-5-18)25-19-8-13-34-15-21(19)24-20(14-27)22(28)6-7-23(24)29-25/h2-7,14,27H,8-13,15,28H2,1H3. The summed E-state index contributed by atoms with van der Waals surface area (Å²) < 4.78 is 5.76. The monoisotopic (exact) mass is 457 g/mol. The molecule has 2 aliphatic rings. The van der Waals surface area contributed by atoms with E-state index in [0.29, 0.717) is 56.2 Å². The SMILES string of the molecule is CC(=O)N1CCN(C(=O)c2ccc(-c3nc4ccc(N)c(C=N)c4c4c3CCOC4)cc2)CC1. The molecule has 8 heteroatoms. The number of piperazine rings is 1. The number of anilines is 1. The maximum Gasteiger partial charge on any atom is 0.253 e. The van der Waals surface area contributed by atoms with Crippen molar-refractivity contribution in [3.63, 3.8) is 0 Å². The summed E-state index contributed by atoms with van der Waals surface area (Å²) in [4.78, 5) is 33.1. The van der Waals surface area contributed by atoms with Gasteiger partial charge in [0.05, 0.1) is 24.4 Å². The largest absolute Gasteiger partial charge is 0.398 e. The third-order valence-corrected chi connectivity index (χ3v) is 6.75. The van der Waals surface area contributed by atoms with E-state index >= 15 is 0 Å². The Bertz CT molecular complexity index is 1290. The lowest BCUT2D eigenvalue weighted by Crippen LogP contribution is -2.50. The summed E-state index contributed by atoms with van der Waals surface area (Å²) in [6.45, 7) is 4.83. The molecule has 2 aromatic carbocycles. The van der Waals surface area contributed by atoms with Crippen LogP contribution in [0.5, 0.6) is 0 Å². The van der Waals surface area contributed by atoms with Gasteiger partial charge >= 0.3 is 0 Å². The molecule has 2 aliphatic heterocycles. The molecule has 1 fully saturated rings. The summed E-state index contributed by atoms with van der Waals surface area (Å²) >= 11 is 0. The number of nitrogen functional groups attached to an aromatic ring is 1. The highest BCUT2D eigenvalue weighted by Crippen LogP contribution is 2.36. The topological polar surface area (TPSA) is 113 Å².